The molecule has 0 fully saturated rings. The molecule has 0 aromatic carbocycles. The van der Waals surface area contributed by atoms with Crippen LogP contribution in [0.1, 0.15) is 55.4 Å². The molecule has 0 aromatic rings. The van der Waals surface area contributed by atoms with Gasteiger partial charge in [-0.15, -0.1) is 0 Å². The van der Waals surface area contributed by atoms with E-state index in [1.54, 1.807) is 55.4 Å². The van der Waals surface area contributed by atoms with Gasteiger partial charge in [-0.25, -0.2) is 19.2 Å². The van der Waals surface area contributed by atoms with Gasteiger partial charge in [-0.3, -0.25) is 0 Å². The van der Waals surface area contributed by atoms with Gasteiger partial charge in [0.25, 0.3) is 0 Å². The van der Waals surface area contributed by atoms with E-state index in [4.69, 9.17) is 0 Å². The van der Waals surface area contributed by atoms with Gasteiger partial charge in [-0.1, -0.05) is 20.5 Å². The summed E-state index contributed by atoms with van der Waals surface area (Å²) in [7, 11) is 0. The lowest BCUT2D eigenvalue weighted by Crippen LogP contribution is -2.09. The van der Waals surface area contributed by atoms with E-state index in [0.29, 0.717) is 0 Å². The smallest absolute Gasteiger partial charge is 0.444 e. The normalized spacial score (nSPS) is 11.0. The fourth-order valence-corrected chi connectivity index (χ4v) is 1.06. The van der Waals surface area contributed by atoms with Crippen molar-refractivity contribution in [2.75, 3.05) is 0 Å². The first-order valence-electron chi connectivity index (χ1n) is 8.49. The molecule has 160 valence electrons. The topological polar surface area (TPSA) is 155 Å². The van der Waals surface area contributed by atoms with E-state index >= 15 is 0 Å². The van der Waals surface area contributed by atoms with Crippen molar-refractivity contribution in [3.8, 4) is 0 Å². The summed E-state index contributed by atoms with van der Waals surface area (Å²) < 4.78 is 18.4. The van der Waals surface area contributed by atoms with Gasteiger partial charge in [0.15, 0.2) is 0 Å². The van der Waals surface area contributed by atoms with Crippen molar-refractivity contribution in [1.82, 2.24) is 0 Å². The number of amides is 4. The average Bonchev–Trinajstić information content (AvgIpc) is 2.49. The molecule has 0 atom stereocenters. The maximum absolute atomic E-state index is 10.8. The van der Waals surface area contributed by atoms with Gasteiger partial charge in [0, 0.05) is 0 Å². The quantitative estimate of drug-likeness (QED) is 0.465. The summed E-state index contributed by atoms with van der Waals surface area (Å²) >= 11 is 0. The van der Waals surface area contributed by atoms with Crippen LogP contribution in [0.3, 0.4) is 0 Å². The Morgan fingerprint density at radius 3 is 0.679 bits per heavy atom. The third-order valence-corrected chi connectivity index (χ3v) is 1.77. The Morgan fingerprint density at radius 1 is 0.429 bits per heavy atom. The zero-order chi connectivity index (χ0) is 22.3. The van der Waals surface area contributed by atoms with Crippen molar-refractivity contribution in [2.24, 2.45) is 20.5 Å². The molecular formula is C16H28N4O8. The Kier molecular flexibility index (Phi) is 14.8. The molecule has 4 amide bonds. The molecule has 0 aliphatic heterocycles. The lowest BCUT2D eigenvalue weighted by atomic mass is 10.5. The molecule has 0 saturated heterocycles. The number of carbonyl (C=O) groups excluding carboxylic acids is 4. The molecule has 0 bridgehead atoms. The number of ether oxygens (including phenoxy) is 4. The zero-order valence-corrected chi connectivity index (χ0v) is 17.4. The third-order valence-electron chi connectivity index (χ3n) is 1.77. The van der Waals surface area contributed by atoms with Crippen LogP contribution in [-0.2, 0) is 18.9 Å². The van der Waals surface area contributed by atoms with E-state index in [1.807, 2.05) is 0 Å². The Balaban J connectivity index is 0. The summed E-state index contributed by atoms with van der Waals surface area (Å²) in [4.78, 5) is 43.0. The summed E-state index contributed by atoms with van der Waals surface area (Å²) in [5.74, 6) is 0. The Morgan fingerprint density at radius 2 is 0.571 bits per heavy atom. The summed E-state index contributed by atoms with van der Waals surface area (Å²) in [6.07, 6.45) is -4.77. The largest absolute Gasteiger partial charge is 0.452 e. The van der Waals surface area contributed by atoms with Gasteiger partial charge in [0.1, 0.15) is 0 Å². The number of azo groups is 2. The van der Waals surface area contributed by atoms with Crippen molar-refractivity contribution in [1.29, 1.82) is 0 Å². The first-order chi connectivity index (χ1) is 12.8. The van der Waals surface area contributed by atoms with E-state index in [9.17, 15) is 19.2 Å². The van der Waals surface area contributed by atoms with Crippen LogP contribution in [0.5, 0.6) is 0 Å². The number of hydrogen-bond acceptors (Lipinski definition) is 8. The minimum Gasteiger partial charge on any atom is -0.444 e. The molecule has 28 heavy (non-hydrogen) atoms. The first-order valence-corrected chi connectivity index (χ1v) is 8.49. The minimum absolute atomic E-state index is 0.289. The van der Waals surface area contributed by atoms with Crippen LogP contribution in [0, 0.1) is 0 Å². The lowest BCUT2D eigenvalue weighted by molar-refractivity contribution is 0.115. The molecule has 0 N–H and O–H groups in total. The Bertz CT molecular complexity index is 473. The molecule has 0 aliphatic carbocycles. The van der Waals surface area contributed by atoms with Crippen molar-refractivity contribution in [3.63, 3.8) is 0 Å². The second-order valence-corrected chi connectivity index (χ2v) is 6.13. The number of rotatable bonds is 4. The molecule has 0 radical (unpaired) electrons. The third kappa shape index (κ3) is 21.1. The Labute approximate surface area is 163 Å². The number of nitrogens with zero attached hydrogens (tertiary/aromatic N) is 4. The fourth-order valence-electron chi connectivity index (χ4n) is 1.06. The molecule has 12 nitrogen and oxygen atoms in total. The van der Waals surface area contributed by atoms with Crippen molar-refractivity contribution >= 4 is 24.4 Å². The van der Waals surface area contributed by atoms with Crippen LogP contribution in [0.25, 0.3) is 0 Å². The SMILES string of the molecule is CC(C)OC(=O)N=NC(=O)OC(C)C.CC(C)OC(=O)N=NC(=O)OC(C)C. The molecule has 0 spiro atoms. The van der Waals surface area contributed by atoms with E-state index in [-0.39, 0.29) is 24.4 Å². The van der Waals surface area contributed by atoms with Crippen LogP contribution in [0.15, 0.2) is 20.5 Å². The second-order valence-electron chi connectivity index (χ2n) is 6.13. The number of carbonyl (C=O) groups is 4. The minimum atomic E-state index is -0.902. The highest BCUT2D eigenvalue weighted by Gasteiger charge is 2.07. The summed E-state index contributed by atoms with van der Waals surface area (Å²) in [5, 5.41) is 12.0. The van der Waals surface area contributed by atoms with Crippen LogP contribution < -0.4 is 0 Å². The second kappa shape index (κ2) is 15.2. The van der Waals surface area contributed by atoms with Crippen molar-refractivity contribution < 1.29 is 38.1 Å². The molecule has 0 rings (SSSR count). The summed E-state index contributed by atoms with van der Waals surface area (Å²) in [6, 6.07) is 0. The average molecular weight is 404 g/mol. The van der Waals surface area contributed by atoms with Gasteiger partial charge >= 0.3 is 24.4 Å². The monoisotopic (exact) mass is 404 g/mol. The van der Waals surface area contributed by atoms with E-state index < -0.39 is 24.4 Å². The van der Waals surface area contributed by atoms with Crippen LogP contribution in [-0.4, -0.2) is 48.8 Å². The lowest BCUT2D eigenvalue weighted by Gasteiger charge is -2.03. The molecular weight excluding hydrogens is 376 g/mol. The van der Waals surface area contributed by atoms with E-state index in [1.165, 1.54) is 0 Å². The van der Waals surface area contributed by atoms with Crippen LogP contribution in [0.2, 0.25) is 0 Å². The molecule has 0 heterocycles. The highest BCUT2D eigenvalue weighted by atomic mass is 16.6. The van der Waals surface area contributed by atoms with E-state index in [2.05, 4.69) is 39.4 Å². The summed E-state index contributed by atoms with van der Waals surface area (Å²) in [6.45, 7) is 13.3. The molecule has 12 heteroatoms. The highest BCUT2D eigenvalue weighted by Crippen LogP contribution is 1.97. The van der Waals surface area contributed by atoms with Gasteiger partial charge in [-0.2, -0.15) is 0 Å². The van der Waals surface area contributed by atoms with E-state index in [0.717, 1.165) is 0 Å². The first kappa shape index (κ1) is 27.3. The van der Waals surface area contributed by atoms with Crippen molar-refractivity contribution in [2.45, 2.75) is 79.8 Å². The molecule has 0 aromatic heterocycles. The maximum atomic E-state index is 10.8. The van der Waals surface area contributed by atoms with Gasteiger partial charge < -0.3 is 18.9 Å². The fraction of sp³-hybridized carbons (Fsp3) is 0.750. The van der Waals surface area contributed by atoms with Crippen molar-refractivity contribution in [3.05, 3.63) is 0 Å². The van der Waals surface area contributed by atoms with Gasteiger partial charge in [0.2, 0.25) is 0 Å². The molecule has 0 saturated carbocycles. The highest BCUT2D eigenvalue weighted by molar-refractivity contribution is 5.73. The predicted octanol–water partition coefficient (Wildman–Crippen LogP) is 5.06. The standard InChI is InChI=1S/2C8H14N2O4/c2*1-5(2)13-7(11)9-10-8(12)14-6(3)4/h2*5-6H,1-4H3. The van der Waals surface area contributed by atoms with Crippen LogP contribution in [0.4, 0.5) is 19.2 Å². The zero-order valence-electron chi connectivity index (χ0n) is 17.4. The van der Waals surface area contributed by atoms with Gasteiger partial charge in [0.05, 0.1) is 24.4 Å². The Hall–Kier alpha value is -2.92. The predicted molar refractivity (Wildman–Crippen MR) is 96.2 cm³/mol. The molecule has 0 aliphatic rings. The van der Waals surface area contributed by atoms with Crippen LogP contribution >= 0.6 is 0 Å². The van der Waals surface area contributed by atoms with Gasteiger partial charge in [-0.05, 0) is 55.4 Å². The summed E-state index contributed by atoms with van der Waals surface area (Å²) in [5.41, 5.74) is 0. The molecule has 0 unspecified atom stereocenters. The number of hydrogen-bond donors (Lipinski definition) is 0. The maximum Gasteiger partial charge on any atom is 0.452 e.